The highest BCUT2D eigenvalue weighted by Crippen LogP contribution is 2.33. The van der Waals surface area contributed by atoms with E-state index in [-0.39, 0.29) is 18.4 Å². The lowest BCUT2D eigenvalue weighted by Crippen LogP contribution is -2.43. The highest BCUT2D eigenvalue weighted by Gasteiger charge is 2.22. The van der Waals surface area contributed by atoms with Gasteiger partial charge in [-0.1, -0.05) is 23.7 Å². The zero-order valence-electron chi connectivity index (χ0n) is 17.9. The van der Waals surface area contributed by atoms with Gasteiger partial charge < -0.3 is 25.0 Å². The quantitative estimate of drug-likeness (QED) is 0.654. The van der Waals surface area contributed by atoms with Crippen molar-refractivity contribution in [3.05, 3.63) is 58.1 Å². The van der Waals surface area contributed by atoms with Crippen LogP contribution in [0.3, 0.4) is 0 Å². The van der Waals surface area contributed by atoms with Gasteiger partial charge in [-0.2, -0.15) is 0 Å². The average molecular weight is 446 g/mol. The predicted octanol–water partition coefficient (Wildman–Crippen LogP) is 3.17. The summed E-state index contributed by atoms with van der Waals surface area (Å²) in [5, 5.41) is 6.40. The number of amides is 3. The third-order valence-electron chi connectivity index (χ3n) is 5.28. The second-order valence-corrected chi connectivity index (χ2v) is 7.79. The number of carbonyl (C=O) groups excluding carboxylic acids is 2. The first-order valence-electron chi connectivity index (χ1n) is 10.3. The van der Waals surface area contributed by atoms with Crippen molar-refractivity contribution >= 4 is 23.5 Å². The third-order valence-corrected chi connectivity index (χ3v) is 5.53. The molecule has 0 bridgehead atoms. The van der Waals surface area contributed by atoms with E-state index in [4.69, 9.17) is 21.1 Å². The van der Waals surface area contributed by atoms with Crippen LogP contribution in [0.25, 0.3) is 0 Å². The highest BCUT2D eigenvalue weighted by molar-refractivity contribution is 6.30. The van der Waals surface area contributed by atoms with Crippen molar-refractivity contribution in [3.63, 3.8) is 0 Å². The van der Waals surface area contributed by atoms with Gasteiger partial charge in [0.2, 0.25) is 5.91 Å². The Bertz CT molecular complexity index is 918. The zero-order valence-corrected chi connectivity index (χ0v) is 18.6. The molecule has 31 heavy (non-hydrogen) atoms. The lowest BCUT2D eigenvalue weighted by atomic mass is 9.99. The molecule has 8 heteroatoms. The van der Waals surface area contributed by atoms with E-state index in [0.717, 1.165) is 29.5 Å². The smallest absolute Gasteiger partial charge is 0.317 e. The van der Waals surface area contributed by atoms with E-state index < -0.39 is 0 Å². The molecule has 0 spiro atoms. The number of carbonyl (C=O) groups is 2. The molecule has 0 saturated heterocycles. The second kappa shape index (κ2) is 10.9. The topological polar surface area (TPSA) is 79.9 Å². The standard InChI is InChI=1S/C23H28ClN3O4/c1-30-20-13-17-9-12-27(15-18(17)14-21(20)31-2)23(29)26-11-8-22(28)25-10-7-16-3-5-19(24)6-4-16/h3-6,13-14H,7-12,15H2,1-2H3,(H,25,28)(H,26,29). The molecule has 3 amide bonds. The number of hydrogen-bond acceptors (Lipinski definition) is 4. The van der Waals surface area contributed by atoms with E-state index in [1.54, 1.807) is 19.1 Å². The molecule has 0 unspecified atom stereocenters. The molecule has 0 aromatic heterocycles. The van der Waals surface area contributed by atoms with Gasteiger partial charge >= 0.3 is 6.03 Å². The molecule has 3 rings (SSSR count). The number of nitrogens with zero attached hydrogens (tertiary/aromatic N) is 1. The van der Waals surface area contributed by atoms with E-state index in [2.05, 4.69) is 10.6 Å². The summed E-state index contributed by atoms with van der Waals surface area (Å²) >= 11 is 5.87. The van der Waals surface area contributed by atoms with Crippen LogP contribution in [-0.4, -0.2) is 50.7 Å². The summed E-state index contributed by atoms with van der Waals surface area (Å²) in [7, 11) is 3.21. The molecule has 0 aliphatic carbocycles. The molecule has 7 nitrogen and oxygen atoms in total. The van der Waals surface area contributed by atoms with Crippen LogP contribution in [0.4, 0.5) is 4.79 Å². The van der Waals surface area contributed by atoms with Crippen molar-refractivity contribution in [1.82, 2.24) is 15.5 Å². The summed E-state index contributed by atoms with van der Waals surface area (Å²) in [6.07, 6.45) is 1.72. The normalized spacial score (nSPS) is 12.7. The lowest BCUT2D eigenvalue weighted by Gasteiger charge is -2.29. The van der Waals surface area contributed by atoms with Gasteiger partial charge in [0.15, 0.2) is 11.5 Å². The van der Waals surface area contributed by atoms with Crippen molar-refractivity contribution < 1.29 is 19.1 Å². The summed E-state index contributed by atoms with van der Waals surface area (Å²) < 4.78 is 10.7. The first-order chi connectivity index (χ1) is 15.0. The molecule has 0 radical (unpaired) electrons. The number of halogens is 1. The molecule has 166 valence electrons. The number of urea groups is 1. The minimum Gasteiger partial charge on any atom is -0.493 e. The number of benzene rings is 2. The molecular weight excluding hydrogens is 418 g/mol. The minimum absolute atomic E-state index is 0.0879. The summed E-state index contributed by atoms with van der Waals surface area (Å²) in [4.78, 5) is 26.3. The van der Waals surface area contributed by atoms with Crippen molar-refractivity contribution in [2.75, 3.05) is 33.9 Å². The maximum absolute atomic E-state index is 12.5. The van der Waals surface area contributed by atoms with E-state index in [0.29, 0.717) is 42.7 Å². The van der Waals surface area contributed by atoms with Gasteiger partial charge in [-0.25, -0.2) is 4.79 Å². The fraction of sp³-hybridized carbons (Fsp3) is 0.391. The Kier molecular flexibility index (Phi) is 8.00. The number of methoxy groups -OCH3 is 2. The monoisotopic (exact) mass is 445 g/mol. The Balaban J connectivity index is 1.40. The molecule has 0 saturated carbocycles. The first kappa shape index (κ1) is 22.7. The number of rotatable bonds is 8. The van der Waals surface area contributed by atoms with Crippen LogP contribution in [0.2, 0.25) is 5.02 Å². The predicted molar refractivity (Wildman–Crippen MR) is 120 cm³/mol. The molecule has 2 N–H and O–H groups in total. The highest BCUT2D eigenvalue weighted by atomic mass is 35.5. The summed E-state index contributed by atoms with van der Waals surface area (Å²) in [6.45, 7) is 1.94. The average Bonchev–Trinajstić information content (AvgIpc) is 2.78. The fourth-order valence-electron chi connectivity index (χ4n) is 3.54. The maximum atomic E-state index is 12.5. The van der Waals surface area contributed by atoms with Gasteiger partial charge in [-0.15, -0.1) is 0 Å². The van der Waals surface area contributed by atoms with Crippen molar-refractivity contribution in [1.29, 1.82) is 0 Å². The molecule has 0 atom stereocenters. The lowest BCUT2D eigenvalue weighted by molar-refractivity contribution is -0.120. The molecular formula is C23H28ClN3O4. The summed E-state index contributed by atoms with van der Waals surface area (Å²) in [6, 6.07) is 11.3. The van der Waals surface area contributed by atoms with Crippen molar-refractivity contribution in [2.45, 2.75) is 25.8 Å². The van der Waals surface area contributed by atoms with Gasteiger partial charge in [-0.3, -0.25) is 4.79 Å². The van der Waals surface area contributed by atoms with Crippen LogP contribution in [0.1, 0.15) is 23.1 Å². The minimum atomic E-state index is -0.172. The van der Waals surface area contributed by atoms with Gasteiger partial charge in [0.1, 0.15) is 0 Å². The van der Waals surface area contributed by atoms with Crippen LogP contribution < -0.4 is 20.1 Å². The van der Waals surface area contributed by atoms with Crippen LogP contribution in [0, 0.1) is 0 Å². The van der Waals surface area contributed by atoms with Gasteiger partial charge in [-0.05, 0) is 53.8 Å². The number of hydrogen-bond donors (Lipinski definition) is 2. The van der Waals surface area contributed by atoms with Gasteiger partial charge in [0, 0.05) is 37.6 Å². The van der Waals surface area contributed by atoms with Gasteiger partial charge in [0.05, 0.1) is 14.2 Å². The molecule has 2 aromatic carbocycles. The fourth-order valence-corrected chi connectivity index (χ4v) is 3.66. The molecule has 1 aliphatic rings. The second-order valence-electron chi connectivity index (χ2n) is 7.36. The van der Waals surface area contributed by atoms with Crippen LogP contribution in [0.15, 0.2) is 36.4 Å². The Morgan fingerprint density at radius 1 is 1.00 bits per heavy atom. The Labute approximate surface area is 187 Å². The Morgan fingerprint density at radius 2 is 1.68 bits per heavy atom. The van der Waals surface area contributed by atoms with Crippen LogP contribution >= 0.6 is 11.6 Å². The Hall–Kier alpha value is -2.93. The SMILES string of the molecule is COc1cc2c(cc1OC)CN(C(=O)NCCC(=O)NCCc1ccc(Cl)cc1)CC2. The number of ether oxygens (including phenoxy) is 2. The largest absolute Gasteiger partial charge is 0.493 e. The summed E-state index contributed by atoms with van der Waals surface area (Å²) in [5.41, 5.74) is 3.30. The maximum Gasteiger partial charge on any atom is 0.317 e. The molecule has 0 fully saturated rings. The first-order valence-corrected chi connectivity index (χ1v) is 10.7. The van der Waals surface area contributed by atoms with E-state index >= 15 is 0 Å². The third kappa shape index (κ3) is 6.28. The van der Waals surface area contributed by atoms with Gasteiger partial charge in [0.25, 0.3) is 0 Å². The molecule has 1 aliphatic heterocycles. The van der Waals surface area contributed by atoms with Crippen LogP contribution in [0.5, 0.6) is 11.5 Å². The molecule has 1 heterocycles. The van der Waals surface area contributed by atoms with Crippen molar-refractivity contribution in [2.24, 2.45) is 0 Å². The number of fused-ring (bicyclic) bond motifs is 1. The molecule has 2 aromatic rings. The summed E-state index contributed by atoms with van der Waals surface area (Å²) in [5.74, 6) is 1.26. The van der Waals surface area contributed by atoms with E-state index in [1.807, 2.05) is 36.4 Å². The Morgan fingerprint density at radius 3 is 2.35 bits per heavy atom. The zero-order chi connectivity index (χ0) is 22.2. The van der Waals surface area contributed by atoms with Crippen LogP contribution in [-0.2, 0) is 24.2 Å². The van der Waals surface area contributed by atoms with E-state index in [9.17, 15) is 9.59 Å². The van der Waals surface area contributed by atoms with Crippen molar-refractivity contribution in [3.8, 4) is 11.5 Å². The van der Waals surface area contributed by atoms with E-state index in [1.165, 1.54) is 0 Å². The number of nitrogens with one attached hydrogen (secondary N) is 2.